The van der Waals surface area contributed by atoms with Gasteiger partial charge in [-0.3, -0.25) is 0 Å². The first-order valence-corrected chi connectivity index (χ1v) is 7.74. The molecule has 0 aliphatic heterocycles. The average Bonchev–Trinajstić information content (AvgIpc) is 2.43. The molecule has 0 unspecified atom stereocenters. The van der Waals surface area contributed by atoms with E-state index in [0.717, 1.165) is 38.5 Å². The quantitative estimate of drug-likeness (QED) is 0.711. The first-order valence-electron chi connectivity index (χ1n) is 7.74. The second kappa shape index (κ2) is 4.46. The van der Waals surface area contributed by atoms with E-state index in [1.165, 1.54) is 23.1 Å². The lowest BCUT2D eigenvalue weighted by atomic mass is 9.51. The molecule has 0 radical (unpaired) electrons. The van der Waals surface area contributed by atoms with E-state index >= 15 is 0 Å². The molecule has 1 saturated carbocycles. The summed E-state index contributed by atoms with van der Waals surface area (Å²) in [5, 5.41) is 20.1. The fourth-order valence-corrected chi connectivity index (χ4v) is 4.92. The summed E-state index contributed by atoms with van der Waals surface area (Å²) in [6.07, 6.45) is 9.68. The molecule has 0 aromatic heterocycles. The van der Waals surface area contributed by atoms with Gasteiger partial charge >= 0.3 is 0 Å². The lowest BCUT2D eigenvalue weighted by molar-refractivity contribution is 0.0758. The summed E-state index contributed by atoms with van der Waals surface area (Å²) in [4.78, 5) is 0. The molecule has 0 aromatic rings. The normalized spacial score (nSPS) is 42.5. The minimum absolute atomic E-state index is 0.0407. The summed E-state index contributed by atoms with van der Waals surface area (Å²) in [7, 11) is 0. The first kappa shape index (κ1) is 13.4. The third kappa shape index (κ3) is 1.76. The van der Waals surface area contributed by atoms with Crippen molar-refractivity contribution in [3.8, 4) is 0 Å². The highest BCUT2D eigenvalue weighted by atomic mass is 16.3. The highest BCUT2D eigenvalue weighted by Gasteiger charge is 2.51. The van der Waals surface area contributed by atoms with Crippen molar-refractivity contribution in [2.24, 2.45) is 10.8 Å². The van der Waals surface area contributed by atoms with Gasteiger partial charge in [-0.2, -0.15) is 0 Å². The second-order valence-electron chi connectivity index (χ2n) is 7.00. The molecule has 3 aliphatic rings. The Morgan fingerprint density at radius 3 is 2.84 bits per heavy atom. The van der Waals surface area contributed by atoms with Crippen molar-refractivity contribution in [1.29, 1.82) is 0 Å². The number of fused-ring (bicyclic) bond motifs is 3. The molecule has 2 N–H and O–H groups in total. The van der Waals surface area contributed by atoms with Crippen LogP contribution in [-0.4, -0.2) is 22.9 Å². The van der Waals surface area contributed by atoms with Crippen LogP contribution in [0.3, 0.4) is 0 Å². The Morgan fingerprint density at radius 2 is 2.11 bits per heavy atom. The van der Waals surface area contributed by atoms with Gasteiger partial charge in [-0.25, -0.2) is 0 Å². The van der Waals surface area contributed by atoms with E-state index in [1.54, 1.807) is 0 Å². The largest absolute Gasteiger partial charge is 0.395 e. The van der Waals surface area contributed by atoms with Gasteiger partial charge in [0.05, 0.1) is 12.7 Å². The maximum absolute atomic E-state index is 10.1. The van der Waals surface area contributed by atoms with Crippen LogP contribution in [0, 0.1) is 10.8 Å². The van der Waals surface area contributed by atoms with E-state index in [4.69, 9.17) is 0 Å². The van der Waals surface area contributed by atoms with Gasteiger partial charge in [-0.15, -0.1) is 0 Å². The second-order valence-corrected chi connectivity index (χ2v) is 7.00. The zero-order chi connectivity index (χ0) is 13.7. The van der Waals surface area contributed by atoms with Crippen molar-refractivity contribution in [2.45, 2.75) is 64.9 Å². The summed E-state index contributed by atoms with van der Waals surface area (Å²) in [5.74, 6) is 0. The molecular formula is C17H26O2. The van der Waals surface area contributed by atoms with E-state index in [0.29, 0.717) is 6.61 Å². The Bertz CT molecular complexity index is 448. The van der Waals surface area contributed by atoms with Crippen molar-refractivity contribution in [2.75, 3.05) is 6.61 Å². The van der Waals surface area contributed by atoms with Crippen LogP contribution in [0.15, 0.2) is 22.8 Å². The van der Waals surface area contributed by atoms with Crippen molar-refractivity contribution in [3.05, 3.63) is 22.8 Å². The minimum Gasteiger partial charge on any atom is -0.395 e. The number of hydrogen-bond acceptors (Lipinski definition) is 2. The summed E-state index contributed by atoms with van der Waals surface area (Å²) in [5.41, 5.74) is 4.29. The Kier molecular flexibility index (Phi) is 3.14. The molecule has 3 aliphatic carbocycles. The molecule has 0 heterocycles. The van der Waals surface area contributed by atoms with Gasteiger partial charge in [-0.05, 0) is 57.4 Å². The molecule has 0 bridgehead atoms. The number of allylic oxidation sites excluding steroid dienone is 2. The van der Waals surface area contributed by atoms with Crippen LogP contribution < -0.4 is 0 Å². The van der Waals surface area contributed by atoms with E-state index in [-0.39, 0.29) is 16.9 Å². The fourth-order valence-electron chi connectivity index (χ4n) is 4.92. The number of aliphatic hydroxyl groups excluding tert-OH is 2. The van der Waals surface area contributed by atoms with Crippen LogP contribution in [-0.2, 0) is 0 Å². The third-order valence-electron chi connectivity index (χ3n) is 6.09. The summed E-state index contributed by atoms with van der Waals surface area (Å²) in [6.45, 7) is 4.74. The third-order valence-corrected chi connectivity index (χ3v) is 6.09. The van der Waals surface area contributed by atoms with Crippen molar-refractivity contribution >= 4 is 0 Å². The van der Waals surface area contributed by atoms with Crippen LogP contribution >= 0.6 is 0 Å². The van der Waals surface area contributed by atoms with Crippen molar-refractivity contribution in [3.63, 3.8) is 0 Å². The van der Waals surface area contributed by atoms with Gasteiger partial charge in [-0.1, -0.05) is 24.1 Å². The molecule has 2 heteroatoms. The molecule has 106 valence electrons. The van der Waals surface area contributed by atoms with Gasteiger partial charge in [0.1, 0.15) is 0 Å². The van der Waals surface area contributed by atoms with Gasteiger partial charge in [0.25, 0.3) is 0 Å². The summed E-state index contributed by atoms with van der Waals surface area (Å²) >= 11 is 0. The molecule has 0 amide bonds. The standard InChI is InChI=1S/C17H26O2/c1-12-13-6-10-17(11-18)8-4-3-5-15(17)16(13,2)9-7-14(12)19/h5,14,18-19H,3-4,6-11H2,1-2H3/t14-,16-,17+/m0/s1. The minimum atomic E-state index is -0.242. The molecule has 1 fully saturated rings. The Labute approximate surface area is 116 Å². The Balaban J connectivity index is 2.11. The van der Waals surface area contributed by atoms with E-state index in [1.807, 2.05) is 0 Å². The van der Waals surface area contributed by atoms with Gasteiger partial charge < -0.3 is 10.2 Å². The highest BCUT2D eigenvalue weighted by Crippen LogP contribution is 2.61. The molecule has 0 saturated heterocycles. The van der Waals surface area contributed by atoms with E-state index in [9.17, 15) is 10.2 Å². The van der Waals surface area contributed by atoms with Crippen LogP contribution in [0.4, 0.5) is 0 Å². The highest BCUT2D eigenvalue weighted by molar-refractivity contribution is 5.42. The van der Waals surface area contributed by atoms with Gasteiger partial charge in [0.2, 0.25) is 0 Å². The number of hydrogen-bond donors (Lipinski definition) is 2. The van der Waals surface area contributed by atoms with Crippen molar-refractivity contribution in [1.82, 2.24) is 0 Å². The zero-order valence-corrected chi connectivity index (χ0v) is 12.2. The molecular weight excluding hydrogens is 236 g/mol. The Morgan fingerprint density at radius 1 is 1.32 bits per heavy atom. The zero-order valence-electron chi connectivity index (χ0n) is 12.2. The summed E-state index contributed by atoms with van der Waals surface area (Å²) < 4.78 is 0. The SMILES string of the molecule is CC1=C2CC[C@@]3(CO)CCCC=C3[C@@]2(C)CC[C@@H]1O. The number of aliphatic hydroxyl groups is 2. The molecule has 0 spiro atoms. The van der Waals surface area contributed by atoms with Gasteiger partial charge in [0, 0.05) is 10.8 Å². The lowest BCUT2D eigenvalue weighted by Crippen LogP contribution is -2.45. The summed E-state index contributed by atoms with van der Waals surface area (Å²) in [6, 6.07) is 0. The van der Waals surface area contributed by atoms with E-state index in [2.05, 4.69) is 19.9 Å². The predicted octanol–water partition coefficient (Wildman–Crippen LogP) is 3.35. The van der Waals surface area contributed by atoms with Crippen LogP contribution in [0.5, 0.6) is 0 Å². The van der Waals surface area contributed by atoms with Crippen LogP contribution in [0.25, 0.3) is 0 Å². The van der Waals surface area contributed by atoms with Gasteiger partial charge in [0.15, 0.2) is 0 Å². The van der Waals surface area contributed by atoms with Crippen molar-refractivity contribution < 1.29 is 10.2 Å². The first-order chi connectivity index (χ1) is 9.03. The molecule has 19 heavy (non-hydrogen) atoms. The number of rotatable bonds is 1. The lowest BCUT2D eigenvalue weighted by Gasteiger charge is -2.54. The molecule has 0 aromatic carbocycles. The van der Waals surface area contributed by atoms with Crippen LogP contribution in [0.2, 0.25) is 0 Å². The topological polar surface area (TPSA) is 40.5 Å². The smallest absolute Gasteiger partial charge is 0.0750 e. The van der Waals surface area contributed by atoms with Crippen LogP contribution in [0.1, 0.15) is 58.8 Å². The molecule has 3 rings (SSSR count). The fraction of sp³-hybridized carbons (Fsp3) is 0.765. The maximum atomic E-state index is 10.1. The maximum Gasteiger partial charge on any atom is 0.0750 e. The Hall–Kier alpha value is -0.600. The average molecular weight is 262 g/mol. The molecule has 3 atom stereocenters. The van der Waals surface area contributed by atoms with E-state index < -0.39 is 0 Å². The monoisotopic (exact) mass is 262 g/mol. The molecule has 2 nitrogen and oxygen atoms in total. The predicted molar refractivity (Wildman–Crippen MR) is 76.7 cm³/mol.